The topological polar surface area (TPSA) is 113 Å². The molecule has 0 saturated carbocycles. The number of rotatable bonds is 6. The maximum Gasteiger partial charge on any atom is 0.512 e. The first-order chi connectivity index (χ1) is 9.51. The van der Waals surface area contributed by atoms with Crippen molar-refractivity contribution in [1.29, 1.82) is 0 Å². The highest BCUT2D eigenvalue weighted by atomic mass is 32.2. The Morgan fingerprint density at radius 1 is 1.65 bits per heavy atom. The van der Waals surface area contributed by atoms with E-state index < -0.39 is 18.2 Å². The lowest BCUT2D eigenvalue weighted by Gasteiger charge is -2.43. The van der Waals surface area contributed by atoms with Crippen LogP contribution in [-0.4, -0.2) is 51.0 Å². The van der Waals surface area contributed by atoms with Crippen molar-refractivity contribution in [2.45, 2.75) is 24.8 Å². The fourth-order valence-electron chi connectivity index (χ4n) is 2.12. The molecule has 2 aliphatic rings. The summed E-state index contributed by atoms with van der Waals surface area (Å²) in [6.07, 6.45) is -1.71. The van der Waals surface area contributed by atoms with Crippen LogP contribution in [0, 0.1) is 5.92 Å². The number of carbonyl (C=O) groups is 2. The van der Waals surface area contributed by atoms with Crippen molar-refractivity contribution < 1.29 is 24.5 Å². The molecule has 1 fully saturated rings. The first-order valence-corrected chi connectivity index (χ1v) is 8.03. The highest BCUT2D eigenvalue weighted by Crippen LogP contribution is 2.54. The number of amides is 1. The van der Waals surface area contributed by atoms with E-state index >= 15 is 0 Å². The van der Waals surface area contributed by atoms with Crippen molar-refractivity contribution in [2.24, 2.45) is 11.7 Å². The zero-order valence-electron chi connectivity index (χ0n) is 10.8. The van der Waals surface area contributed by atoms with Crippen molar-refractivity contribution in [3.05, 3.63) is 10.1 Å². The second-order valence-corrected chi connectivity index (χ2v) is 6.81. The molecule has 0 unspecified atom stereocenters. The van der Waals surface area contributed by atoms with Gasteiger partial charge in [-0.3, -0.25) is 9.69 Å². The van der Waals surface area contributed by atoms with Gasteiger partial charge in [-0.1, -0.05) is 18.7 Å². The summed E-state index contributed by atoms with van der Waals surface area (Å²) in [6.45, 7) is 2.24. The minimum Gasteiger partial charge on any atom is -0.449 e. The molecule has 1 amide bonds. The molecule has 2 rings (SSSR count). The first kappa shape index (κ1) is 15.5. The van der Waals surface area contributed by atoms with Gasteiger partial charge in [0.15, 0.2) is 0 Å². The summed E-state index contributed by atoms with van der Waals surface area (Å²) < 4.78 is 5.35. The van der Waals surface area contributed by atoms with Crippen molar-refractivity contribution in [1.82, 2.24) is 4.90 Å². The van der Waals surface area contributed by atoms with Gasteiger partial charge in [0.2, 0.25) is 11.8 Å². The summed E-state index contributed by atoms with van der Waals surface area (Å²) in [5, 5.41) is 18.3. The molecule has 1 saturated heterocycles. The van der Waals surface area contributed by atoms with Crippen LogP contribution < -0.4 is 5.73 Å². The molecule has 0 aliphatic carbocycles. The smallest absolute Gasteiger partial charge is 0.449 e. The van der Waals surface area contributed by atoms with E-state index in [2.05, 4.69) is 0 Å². The average molecular weight is 320 g/mol. The SMILES string of the molecule is CC[C@H](O)[C@@H]1C(=O)N2C(OC(=O)O)=C(SCCN)S[C@H]12. The summed E-state index contributed by atoms with van der Waals surface area (Å²) in [5.74, 6) is -0.148. The van der Waals surface area contributed by atoms with E-state index in [1.165, 1.54) is 28.4 Å². The Bertz CT molecular complexity index is 456. The van der Waals surface area contributed by atoms with Crippen LogP contribution in [0.5, 0.6) is 0 Å². The fourth-order valence-corrected chi connectivity index (χ4v) is 4.71. The molecule has 0 aromatic heterocycles. The number of hydrogen-bond acceptors (Lipinski definition) is 7. The lowest BCUT2D eigenvalue weighted by molar-refractivity contribution is -0.156. The number of fused-ring (bicyclic) bond motifs is 1. The third kappa shape index (κ3) is 2.62. The van der Waals surface area contributed by atoms with Gasteiger partial charge in [-0.25, -0.2) is 4.79 Å². The Kier molecular flexibility index (Phi) is 4.84. The first-order valence-electron chi connectivity index (χ1n) is 6.17. The summed E-state index contributed by atoms with van der Waals surface area (Å²) >= 11 is 2.71. The van der Waals surface area contributed by atoms with Gasteiger partial charge >= 0.3 is 6.16 Å². The van der Waals surface area contributed by atoms with Gasteiger partial charge in [0.25, 0.3) is 0 Å². The number of nitrogens with two attached hydrogens (primary N) is 1. The number of thioether (sulfide) groups is 2. The van der Waals surface area contributed by atoms with Crippen LogP contribution in [0.4, 0.5) is 4.79 Å². The quantitative estimate of drug-likeness (QED) is 0.486. The van der Waals surface area contributed by atoms with Gasteiger partial charge in [0.05, 0.1) is 12.0 Å². The number of aliphatic hydroxyl groups excluding tert-OH is 1. The van der Waals surface area contributed by atoms with Crippen LogP contribution in [-0.2, 0) is 9.53 Å². The maximum atomic E-state index is 12.1. The third-order valence-electron chi connectivity index (χ3n) is 3.07. The molecule has 4 N–H and O–H groups in total. The third-order valence-corrected chi connectivity index (χ3v) is 5.73. The van der Waals surface area contributed by atoms with Crippen molar-refractivity contribution >= 4 is 35.6 Å². The normalized spacial score (nSPS) is 26.4. The molecule has 3 atom stereocenters. The summed E-state index contributed by atoms with van der Waals surface area (Å²) in [4.78, 5) is 24.1. The van der Waals surface area contributed by atoms with Gasteiger partial charge in [0, 0.05) is 12.3 Å². The van der Waals surface area contributed by atoms with Crippen LogP contribution in [0.2, 0.25) is 0 Å². The Balaban J connectivity index is 2.17. The lowest BCUT2D eigenvalue weighted by atomic mass is 9.91. The maximum absolute atomic E-state index is 12.1. The van der Waals surface area contributed by atoms with E-state index in [1.54, 1.807) is 6.92 Å². The van der Waals surface area contributed by atoms with Crippen LogP contribution in [0.15, 0.2) is 10.1 Å². The molecule has 0 spiro atoms. The molecule has 0 aromatic carbocycles. The summed E-state index contributed by atoms with van der Waals surface area (Å²) in [7, 11) is 0. The molecule has 9 heteroatoms. The molecule has 2 aliphatic heterocycles. The van der Waals surface area contributed by atoms with E-state index in [-0.39, 0.29) is 17.2 Å². The number of hydrogen-bond donors (Lipinski definition) is 3. The standard InChI is InChI=1S/C11H16N2O5S2/c1-2-5(14)6-7(15)13-8(18-11(16)17)10(19-4-3-12)20-9(6)13/h5-6,9,14H,2-4,12H2,1H3,(H,16,17)/t5-,6+,9+/m0/s1. The van der Waals surface area contributed by atoms with E-state index in [0.29, 0.717) is 23.0 Å². The monoisotopic (exact) mass is 320 g/mol. The minimum absolute atomic E-state index is 0.0514. The van der Waals surface area contributed by atoms with Crippen molar-refractivity contribution in [3.8, 4) is 0 Å². The number of carboxylic acid groups (broad SMARTS) is 1. The van der Waals surface area contributed by atoms with Crippen LogP contribution in [0.3, 0.4) is 0 Å². The predicted molar refractivity (Wildman–Crippen MR) is 75.7 cm³/mol. The Morgan fingerprint density at radius 2 is 2.35 bits per heavy atom. The summed E-state index contributed by atoms with van der Waals surface area (Å²) in [6, 6.07) is 0. The number of carbonyl (C=O) groups excluding carboxylic acids is 1. The second-order valence-electron chi connectivity index (χ2n) is 4.32. The summed E-state index contributed by atoms with van der Waals surface area (Å²) in [5.41, 5.74) is 5.43. The van der Waals surface area contributed by atoms with E-state index in [9.17, 15) is 14.7 Å². The predicted octanol–water partition coefficient (Wildman–Crippen LogP) is 0.802. The number of ether oxygens (including phenoxy) is 1. The molecule has 0 bridgehead atoms. The van der Waals surface area contributed by atoms with Crippen LogP contribution >= 0.6 is 23.5 Å². The second kappa shape index (κ2) is 6.25. The van der Waals surface area contributed by atoms with Gasteiger partial charge in [-0.2, -0.15) is 0 Å². The Labute approximate surface area is 124 Å². The van der Waals surface area contributed by atoms with Gasteiger partial charge < -0.3 is 20.7 Å². The lowest BCUT2D eigenvalue weighted by Crippen LogP contribution is -2.60. The molecule has 0 aromatic rings. The minimum atomic E-state index is -1.46. The number of β-lactam (4-membered cyclic amide) rings is 1. The number of nitrogens with zero attached hydrogens (tertiary/aromatic N) is 1. The van der Waals surface area contributed by atoms with Gasteiger partial charge in [-0.15, -0.1) is 11.8 Å². The van der Waals surface area contributed by atoms with Crippen molar-refractivity contribution in [2.75, 3.05) is 12.3 Å². The van der Waals surface area contributed by atoms with Gasteiger partial charge in [-0.05, 0) is 6.42 Å². The zero-order chi connectivity index (χ0) is 14.9. The van der Waals surface area contributed by atoms with Gasteiger partial charge in [0.1, 0.15) is 9.61 Å². The molecule has 112 valence electrons. The molecule has 7 nitrogen and oxygen atoms in total. The number of aliphatic hydroxyl groups is 1. The average Bonchev–Trinajstić information content (AvgIpc) is 2.69. The van der Waals surface area contributed by atoms with E-state index in [4.69, 9.17) is 15.6 Å². The Hall–Kier alpha value is -0.900. The van der Waals surface area contributed by atoms with Crippen LogP contribution in [0.25, 0.3) is 0 Å². The largest absolute Gasteiger partial charge is 0.512 e. The van der Waals surface area contributed by atoms with E-state index in [0.717, 1.165) is 0 Å². The van der Waals surface area contributed by atoms with Crippen LogP contribution in [0.1, 0.15) is 13.3 Å². The van der Waals surface area contributed by atoms with Crippen molar-refractivity contribution in [3.63, 3.8) is 0 Å². The molecular weight excluding hydrogens is 304 g/mol. The van der Waals surface area contributed by atoms with E-state index in [1.807, 2.05) is 0 Å². The molecule has 2 heterocycles. The fraction of sp³-hybridized carbons (Fsp3) is 0.636. The molecule has 20 heavy (non-hydrogen) atoms. The highest BCUT2D eigenvalue weighted by Gasteiger charge is 2.58. The zero-order valence-corrected chi connectivity index (χ0v) is 12.4. The molecular formula is C11H16N2O5S2. The molecule has 0 radical (unpaired) electrons. The Morgan fingerprint density at radius 3 is 2.90 bits per heavy atom. The highest BCUT2D eigenvalue weighted by molar-refractivity contribution is 8.22.